The zero-order chi connectivity index (χ0) is 18.7. The summed E-state index contributed by atoms with van der Waals surface area (Å²) in [5.41, 5.74) is 5.75. The van der Waals surface area contributed by atoms with Crippen molar-refractivity contribution in [3.8, 4) is 0 Å². The first-order valence-electron chi connectivity index (χ1n) is 9.40. The smallest absolute Gasteiger partial charge is 0.231 e. The molecule has 0 unspecified atom stereocenters. The van der Waals surface area contributed by atoms with Gasteiger partial charge >= 0.3 is 0 Å². The second kappa shape index (κ2) is 12.2. The maximum absolute atomic E-state index is 5.97. The molecule has 7 nitrogen and oxygen atoms in total. The Labute approximate surface area is 157 Å². The highest BCUT2D eigenvalue weighted by molar-refractivity contribution is 6.28. The highest BCUT2D eigenvalue weighted by Gasteiger charge is 2.13. The lowest BCUT2D eigenvalue weighted by molar-refractivity contribution is 0.294. The van der Waals surface area contributed by atoms with E-state index >= 15 is 0 Å². The van der Waals surface area contributed by atoms with E-state index < -0.39 is 0 Å². The van der Waals surface area contributed by atoms with Crippen LogP contribution in [-0.4, -0.2) is 77.1 Å². The number of halogens is 1. The van der Waals surface area contributed by atoms with Gasteiger partial charge < -0.3 is 20.4 Å². The summed E-state index contributed by atoms with van der Waals surface area (Å²) in [5.74, 6) is 0.754. The average molecular weight is 372 g/mol. The Morgan fingerprint density at radius 1 is 0.760 bits per heavy atom. The van der Waals surface area contributed by atoms with Gasteiger partial charge in [0.15, 0.2) is 0 Å². The Hall–Kier alpha value is -1.18. The summed E-state index contributed by atoms with van der Waals surface area (Å²) < 4.78 is 0. The number of rotatable bonds is 13. The molecule has 0 radical (unpaired) electrons. The molecule has 0 spiro atoms. The van der Waals surface area contributed by atoms with E-state index in [-0.39, 0.29) is 11.2 Å². The summed E-state index contributed by atoms with van der Waals surface area (Å²) >= 11 is 5.97. The highest BCUT2D eigenvalue weighted by Crippen LogP contribution is 2.13. The number of aromatic nitrogens is 3. The van der Waals surface area contributed by atoms with Gasteiger partial charge in [-0.05, 0) is 63.7 Å². The van der Waals surface area contributed by atoms with E-state index in [1.54, 1.807) is 0 Å². The van der Waals surface area contributed by atoms with Crippen molar-refractivity contribution in [1.29, 1.82) is 0 Å². The van der Waals surface area contributed by atoms with Gasteiger partial charge in [-0.3, -0.25) is 0 Å². The van der Waals surface area contributed by atoms with E-state index in [0.717, 1.165) is 65.2 Å². The van der Waals surface area contributed by atoms with Crippen LogP contribution in [0.4, 0.5) is 11.9 Å². The fourth-order valence-electron chi connectivity index (χ4n) is 2.86. The Balaban J connectivity index is 2.69. The van der Waals surface area contributed by atoms with Crippen LogP contribution in [0.3, 0.4) is 0 Å². The predicted molar refractivity (Wildman–Crippen MR) is 106 cm³/mol. The lowest BCUT2D eigenvalue weighted by Gasteiger charge is -2.26. The predicted octanol–water partition coefficient (Wildman–Crippen LogP) is 2.38. The van der Waals surface area contributed by atoms with E-state index in [2.05, 4.69) is 57.3 Å². The van der Waals surface area contributed by atoms with Gasteiger partial charge in [0.2, 0.25) is 17.2 Å². The van der Waals surface area contributed by atoms with Crippen molar-refractivity contribution in [2.45, 2.75) is 40.5 Å². The summed E-state index contributed by atoms with van der Waals surface area (Å²) in [7, 11) is 0. The van der Waals surface area contributed by atoms with Crippen LogP contribution in [0.1, 0.15) is 40.5 Å². The number of nitrogens with zero attached hydrogens (tertiary/aromatic N) is 6. The molecular weight excluding hydrogens is 338 g/mol. The average Bonchev–Trinajstić information content (AvgIpc) is 2.59. The highest BCUT2D eigenvalue weighted by atomic mass is 35.5. The fourth-order valence-corrected chi connectivity index (χ4v) is 3.02. The van der Waals surface area contributed by atoms with Gasteiger partial charge in [0, 0.05) is 13.1 Å². The molecule has 144 valence electrons. The first kappa shape index (κ1) is 21.9. The second-order valence-electron chi connectivity index (χ2n) is 6.01. The summed E-state index contributed by atoms with van der Waals surface area (Å²) in [6.45, 7) is 17.0. The minimum atomic E-state index is 0.153. The number of hydrogen-bond acceptors (Lipinski definition) is 7. The van der Waals surface area contributed by atoms with E-state index in [1.807, 2.05) is 0 Å². The molecular formula is C17H34ClN7. The lowest BCUT2D eigenvalue weighted by Crippen LogP contribution is -2.34. The molecule has 0 bridgehead atoms. The third-order valence-electron chi connectivity index (χ3n) is 4.49. The number of hydrogen-bond donors (Lipinski definition) is 1. The molecule has 8 heteroatoms. The standard InChI is InChI=1S/C17H34ClN7/c1-5-23(6-2)11-9-13-25(14-10-12-24(7-3)8-4)17-21-15(18)20-16(19)22-17/h5-14H2,1-4H3,(H2,19,20,21,22). The normalized spacial score (nSPS) is 11.5. The van der Waals surface area contributed by atoms with E-state index in [9.17, 15) is 0 Å². The van der Waals surface area contributed by atoms with Crippen LogP contribution in [0.5, 0.6) is 0 Å². The second-order valence-corrected chi connectivity index (χ2v) is 6.35. The molecule has 0 aliphatic heterocycles. The van der Waals surface area contributed by atoms with Crippen molar-refractivity contribution in [2.75, 3.05) is 63.0 Å². The molecule has 0 aromatic carbocycles. The molecule has 0 amide bonds. The van der Waals surface area contributed by atoms with E-state index in [0.29, 0.717) is 5.95 Å². The molecule has 1 aromatic rings. The topological polar surface area (TPSA) is 74.4 Å². The minimum absolute atomic E-state index is 0.153. The Morgan fingerprint density at radius 3 is 1.64 bits per heavy atom. The van der Waals surface area contributed by atoms with Crippen molar-refractivity contribution in [3.63, 3.8) is 0 Å². The van der Waals surface area contributed by atoms with Crippen LogP contribution in [0.15, 0.2) is 0 Å². The third kappa shape index (κ3) is 8.16. The van der Waals surface area contributed by atoms with Gasteiger partial charge in [-0.2, -0.15) is 15.0 Å². The number of nitrogens with two attached hydrogens (primary N) is 1. The summed E-state index contributed by atoms with van der Waals surface area (Å²) in [6.07, 6.45) is 2.10. The van der Waals surface area contributed by atoms with Crippen LogP contribution >= 0.6 is 11.6 Å². The van der Waals surface area contributed by atoms with Crippen LogP contribution in [0.25, 0.3) is 0 Å². The maximum Gasteiger partial charge on any atom is 0.231 e. The zero-order valence-corrected chi connectivity index (χ0v) is 17.0. The summed E-state index contributed by atoms with van der Waals surface area (Å²) in [4.78, 5) is 19.4. The van der Waals surface area contributed by atoms with Crippen LogP contribution in [0, 0.1) is 0 Å². The maximum atomic E-state index is 5.97. The molecule has 0 saturated carbocycles. The molecule has 0 aliphatic carbocycles. The van der Waals surface area contributed by atoms with Crippen molar-refractivity contribution in [3.05, 3.63) is 5.28 Å². The van der Waals surface area contributed by atoms with Gasteiger partial charge in [-0.1, -0.05) is 27.7 Å². The Kier molecular flexibility index (Phi) is 10.7. The monoisotopic (exact) mass is 371 g/mol. The molecule has 2 N–H and O–H groups in total. The molecule has 1 rings (SSSR count). The van der Waals surface area contributed by atoms with Gasteiger partial charge in [0.1, 0.15) is 0 Å². The van der Waals surface area contributed by atoms with E-state index in [4.69, 9.17) is 17.3 Å². The summed E-state index contributed by atoms with van der Waals surface area (Å²) in [5, 5.41) is 0.153. The van der Waals surface area contributed by atoms with Gasteiger partial charge in [-0.25, -0.2) is 0 Å². The van der Waals surface area contributed by atoms with Crippen molar-refractivity contribution in [2.24, 2.45) is 0 Å². The SMILES string of the molecule is CCN(CC)CCCN(CCCN(CC)CC)c1nc(N)nc(Cl)n1. The molecule has 0 fully saturated rings. The first-order valence-corrected chi connectivity index (χ1v) is 9.78. The van der Waals surface area contributed by atoms with Crippen molar-refractivity contribution in [1.82, 2.24) is 24.8 Å². The largest absolute Gasteiger partial charge is 0.368 e. The van der Waals surface area contributed by atoms with Crippen LogP contribution < -0.4 is 10.6 Å². The molecule has 25 heavy (non-hydrogen) atoms. The Morgan fingerprint density at radius 2 is 1.24 bits per heavy atom. The third-order valence-corrected chi connectivity index (χ3v) is 4.66. The first-order chi connectivity index (χ1) is 12.0. The van der Waals surface area contributed by atoms with E-state index in [1.165, 1.54) is 0 Å². The lowest BCUT2D eigenvalue weighted by atomic mass is 10.3. The molecule has 1 aromatic heterocycles. The van der Waals surface area contributed by atoms with Crippen molar-refractivity contribution >= 4 is 23.5 Å². The number of nitrogen functional groups attached to an aromatic ring is 1. The number of anilines is 2. The van der Waals surface area contributed by atoms with Crippen LogP contribution in [-0.2, 0) is 0 Å². The zero-order valence-electron chi connectivity index (χ0n) is 16.2. The molecule has 0 atom stereocenters. The quantitative estimate of drug-likeness (QED) is 0.570. The van der Waals surface area contributed by atoms with Crippen LogP contribution in [0.2, 0.25) is 5.28 Å². The van der Waals surface area contributed by atoms with Gasteiger partial charge in [-0.15, -0.1) is 0 Å². The Bertz CT molecular complexity index is 440. The summed E-state index contributed by atoms with van der Waals surface area (Å²) in [6, 6.07) is 0. The molecule has 0 aliphatic rings. The molecule has 0 saturated heterocycles. The van der Waals surface area contributed by atoms with Gasteiger partial charge in [0.05, 0.1) is 0 Å². The fraction of sp³-hybridized carbons (Fsp3) is 0.824. The van der Waals surface area contributed by atoms with Crippen molar-refractivity contribution < 1.29 is 0 Å². The molecule has 1 heterocycles. The van der Waals surface area contributed by atoms with Gasteiger partial charge in [0.25, 0.3) is 0 Å². The minimum Gasteiger partial charge on any atom is -0.368 e.